The topological polar surface area (TPSA) is 172 Å². The number of hydrazone groups is 1. The van der Waals surface area contributed by atoms with Crippen LogP contribution < -0.4 is 15.0 Å². The van der Waals surface area contributed by atoms with E-state index in [1.54, 1.807) is 17.3 Å². The van der Waals surface area contributed by atoms with Crippen LogP contribution in [0.5, 0.6) is 0 Å². The number of nitrogens with zero attached hydrogens (tertiary/aromatic N) is 8. The minimum Gasteiger partial charge on any atom is -0.260 e. The van der Waals surface area contributed by atoms with Crippen molar-refractivity contribution in [2.45, 2.75) is 5.66 Å². The van der Waals surface area contributed by atoms with Crippen molar-refractivity contribution in [3.63, 3.8) is 0 Å². The second-order valence-corrected chi connectivity index (χ2v) is 10.7. The molecule has 2 aliphatic heterocycles. The van der Waals surface area contributed by atoms with Crippen LogP contribution in [0.4, 0.5) is 38.9 Å². The summed E-state index contributed by atoms with van der Waals surface area (Å²) in [5.74, 6) is 0. The van der Waals surface area contributed by atoms with Gasteiger partial charge in [0.2, 0.25) is 5.66 Å². The van der Waals surface area contributed by atoms with Gasteiger partial charge in [-0.2, -0.15) is 10.2 Å². The molecule has 0 saturated carbocycles. The third-order valence-electron chi connectivity index (χ3n) is 8.02. The van der Waals surface area contributed by atoms with Crippen molar-refractivity contribution in [1.82, 2.24) is 5.12 Å². The summed E-state index contributed by atoms with van der Waals surface area (Å²) in [7, 11) is 0. The molecule has 5 aromatic rings. The van der Waals surface area contributed by atoms with Gasteiger partial charge in [-0.15, -0.1) is 0 Å². The Labute approximate surface area is 271 Å². The van der Waals surface area contributed by atoms with Crippen LogP contribution in [0.1, 0.15) is 11.1 Å². The zero-order valence-electron chi connectivity index (χ0n) is 24.6. The molecule has 48 heavy (non-hydrogen) atoms. The smallest absolute Gasteiger partial charge is 0.260 e. The fraction of sp³-hybridized carbons (Fsp3) is 0.0303. The summed E-state index contributed by atoms with van der Waals surface area (Å²) in [4.78, 5) is 49.5. The molecule has 1 saturated heterocycles. The molecule has 0 N–H and O–H groups in total. The second kappa shape index (κ2) is 11.4. The van der Waals surface area contributed by atoms with E-state index in [9.17, 15) is 30.3 Å². The van der Waals surface area contributed by atoms with E-state index in [2.05, 4.69) is 0 Å². The number of urea groups is 1. The average molecular weight is 643 g/mol. The monoisotopic (exact) mass is 642 g/mol. The van der Waals surface area contributed by atoms with Crippen molar-refractivity contribution in [3.8, 4) is 0 Å². The first-order valence-electron chi connectivity index (χ1n) is 14.4. The molecule has 5 aromatic carbocycles. The molecule has 0 radical (unpaired) electrons. The number of nitro groups is 3. The van der Waals surface area contributed by atoms with Crippen LogP contribution >= 0.6 is 0 Å². The van der Waals surface area contributed by atoms with Gasteiger partial charge >= 0.3 is 6.03 Å². The maximum atomic E-state index is 15.0. The molecule has 2 amide bonds. The van der Waals surface area contributed by atoms with E-state index < -0.39 is 26.5 Å². The number of amides is 2. The quantitative estimate of drug-likeness (QED) is 0.131. The summed E-state index contributed by atoms with van der Waals surface area (Å²) in [6.45, 7) is 0. The van der Waals surface area contributed by atoms with Crippen molar-refractivity contribution in [1.29, 1.82) is 0 Å². The number of benzene rings is 5. The van der Waals surface area contributed by atoms with E-state index in [-0.39, 0.29) is 28.4 Å². The number of fused-ring (bicyclic) bond motifs is 1. The molecule has 0 aromatic heterocycles. The molecule has 0 bridgehead atoms. The van der Waals surface area contributed by atoms with E-state index in [0.717, 1.165) is 0 Å². The molecule has 15 nitrogen and oxygen atoms in total. The molecule has 15 heteroatoms. The largest absolute Gasteiger partial charge is 0.347 e. The molecule has 1 fully saturated rings. The number of anilines is 3. The van der Waals surface area contributed by atoms with Crippen LogP contribution in [-0.2, 0) is 5.66 Å². The molecule has 2 heterocycles. The van der Waals surface area contributed by atoms with E-state index in [1.807, 2.05) is 48.5 Å². The predicted molar refractivity (Wildman–Crippen MR) is 175 cm³/mol. The molecule has 0 spiro atoms. The highest BCUT2D eigenvalue weighted by Crippen LogP contribution is 2.52. The Hall–Kier alpha value is -7.00. The molecule has 2 aliphatic rings. The first-order chi connectivity index (χ1) is 23.2. The Morgan fingerprint density at radius 3 is 1.46 bits per heavy atom. The van der Waals surface area contributed by atoms with Gasteiger partial charge in [0.25, 0.3) is 17.1 Å². The number of nitro benzene ring substituents is 3. The Kier molecular flexibility index (Phi) is 7.06. The molecule has 0 aliphatic carbocycles. The number of hydrazine groups is 2. The van der Waals surface area contributed by atoms with E-state index in [1.165, 1.54) is 87.8 Å². The Morgan fingerprint density at radius 2 is 0.979 bits per heavy atom. The highest BCUT2D eigenvalue weighted by Gasteiger charge is 2.67. The van der Waals surface area contributed by atoms with Gasteiger partial charge in [-0.25, -0.2) is 9.80 Å². The van der Waals surface area contributed by atoms with E-state index in [0.29, 0.717) is 22.5 Å². The number of rotatable bonds is 8. The third-order valence-corrected chi connectivity index (χ3v) is 8.02. The van der Waals surface area contributed by atoms with Crippen molar-refractivity contribution in [2.24, 2.45) is 5.10 Å². The SMILES string of the molecule is O=C1N(c2ccc([N+](=O)[O-])cc2)N2N(c3ccc([N+](=O)[O-])cc3)N=C(c3ccccc3)C2(c2ccccc2)N1c1ccc([N+](=O)[O-])cc1. The summed E-state index contributed by atoms with van der Waals surface area (Å²) in [5, 5.41) is 44.0. The number of non-ortho nitro benzene ring substituents is 3. The Balaban J connectivity index is 1.56. The van der Waals surface area contributed by atoms with Crippen LogP contribution in [0.15, 0.2) is 139 Å². The van der Waals surface area contributed by atoms with Gasteiger partial charge in [-0.1, -0.05) is 65.8 Å². The maximum Gasteiger partial charge on any atom is 0.347 e. The van der Waals surface area contributed by atoms with Gasteiger partial charge in [-0.05, 0) is 36.4 Å². The van der Waals surface area contributed by atoms with Gasteiger partial charge in [0, 0.05) is 53.2 Å². The average Bonchev–Trinajstić information content (AvgIpc) is 3.59. The van der Waals surface area contributed by atoms with Crippen molar-refractivity contribution in [3.05, 3.63) is 175 Å². The number of hydrogen-bond donors (Lipinski definition) is 0. The van der Waals surface area contributed by atoms with Gasteiger partial charge in [-0.3, -0.25) is 35.2 Å². The predicted octanol–water partition coefficient (Wildman–Crippen LogP) is 6.77. The molecular formula is C33H22N8O7. The highest BCUT2D eigenvalue weighted by molar-refractivity contribution is 6.20. The van der Waals surface area contributed by atoms with Gasteiger partial charge in [0.05, 0.1) is 26.1 Å². The standard InChI is InChI=1S/C33H22N8O7/c42-32-35(25-11-17-28(18-12-25)38(43)44)33(24-9-5-2-6-10-24)31(23-7-3-1-4-8-23)34-37(27-15-21-30(22-16-27)40(47)48)41(33)36(32)26-13-19-29(20-14-26)39(45)46/h1-22H. The van der Waals surface area contributed by atoms with Crippen LogP contribution in [0, 0.1) is 30.3 Å². The van der Waals surface area contributed by atoms with Crippen LogP contribution in [0.3, 0.4) is 0 Å². The van der Waals surface area contributed by atoms with Crippen molar-refractivity contribution in [2.75, 3.05) is 15.0 Å². The maximum absolute atomic E-state index is 15.0. The fourth-order valence-electron chi connectivity index (χ4n) is 5.92. The van der Waals surface area contributed by atoms with Crippen LogP contribution in [0.2, 0.25) is 0 Å². The van der Waals surface area contributed by atoms with Crippen LogP contribution in [0.25, 0.3) is 0 Å². The van der Waals surface area contributed by atoms with Gasteiger partial charge < -0.3 is 0 Å². The van der Waals surface area contributed by atoms with Gasteiger partial charge in [0.15, 0.2) is 0 Å². The third kappa shape index (κ3) is 4.57. The lowest BCUT2D eigenvalue weighted by Crippen LogP contribution is -2.58. The second-order valence-electron chi connectivity index (χ2n) is 10.7. The Morgan fingerprint density at radius 1 is 0.542 bits per heavy atom. The zero-order chi connectivity index (χ0) is 33.6. The van der Waals surface area contributed by atoms with E-state index in [4.69, 9.17) is 5.10 Å². The summed E-state index contributed by atoms with van der Waals surface area (Å²) in [6, 6.07) is 34.1. The first kappa shape index (κ1) is 29.7. The summed E-state index contributed by atoms with van der Waals surface area (Å²) >= 11 is 0. The lowest BCUT2D eigenvalue weighted by molar-refractivity contribution is -0.385. The summed E-state index contributed by atoms with van der Waals surface area (Å²) in [5.41, 5.74) is 0.344. The molecular weight excluding hydrogens is 620 g/mol. The number of hydrogen-bond acceptors (Lipinski definition) is 10. The molecule has 7 rings (SSSR count). The molecule has 236 valence electrons. The summed E-state index contributed by atoms with van der Waals surface area (Å²) in [6.07, 6.45) is 0. The Bertz CT molecular complexity index is 2100. The van der Waals surface area contributed by atoms with Crippen molar-refractivity contribution < 1.29 is 19.6 Å². The van der Waals surface area contributed by atoms with Gasteiger partial charge in [0.1, 0.15) is 5.71 Å². The highest BCUT2D eigenvalue weighted by atomic mass is 16.6. The minimum absolute atomic E-state index is 0.156. The normalized spacial score (nSPS) is 17.3. The van der Waals surface area contributed by atoms with Crippen LogP contribution in [-0.4, -0.2) is 31.6 Å². The first-order valence-corrected chi connectivity index (χ1v) is 14.4. The molecule has 1 atom stereocenters. The lowest BCUT2D eigenvalue weighted by Gasteiger charge is -2.40. The number of carbonyl (C=O) groups excluding carboxylic acids is 1. The lowest BCUT2D eigenvalue weighted by atomic mass is 9.88. The summed E-state index contributed by atoms with van der Waals surface area (Å²) < 4.78 is 0. The zero-order valence-corrected chi connectivity index (χ0v) is 24.6. The van der Waals surface area contributed by atoms with E-state index >= 15 is 4.79 Å². The van der Waals surface area contributed by atoms with Crippen molar-refractivity contribution >= 4 is 45.9 Å². The number of carbonyl (C=O) groups is 1. The fourth-order valence-corrected chi connectivity index (χ4v) is 5.92. The minimum atomic E-state index is -1.60. The molecule has 1 unspecified atom stereocenters.